The summed E-state index contributed by atoms with van der Waals surface area (Å²) in [6.45, 7) is 2.27. The van der Waals surface area contributed by atoms with Crippen molar-refractivity contribution < 1.29 is 13.2 Å². The quantitative estimate of drug-likeness (QED) is 0.802. The topological polar surface area (TPSA) is 75.3 Å². The van der Waals surface area contributed by atoms with Gasteiger partial charge in [-0.1, -0.05) is 38.3 Å². The van der Waals surface area contributed by atoms with E-state index in [1.165, 1.54) is 37.7 Å². The molecule has 0 unspecified atom stereocenters. The zero-order valence-corrected chi connectivity index (χ0v) is 14.5. The Labute approximate surface area is 138 Å². The summed E-state index contributed by atoms with van der Waals surface area (Å²) in [4.78, 5) is 11.7. The molecule has 1 fully saturated rings. The number of hydrogen-bond donors (Lipinski definition) is 2. The summed E-state index contributed by atoms with van der Waals surface area (Å²) in [5, 5.41) is 2.64. The van der Waals surface area contributed by atoms with Crippen LogP contribution in [0.4, 0.5) is 0 Å². The molecular formula is C17H26N2O3S. The highest BCUT2D eigenvalue weighted by Crippen LogP contribution is 2.32. The van der Waals surface area contributed by atoms with Gasteiger partial charge in [0, 0.05) is 6.54 Å². The number of benzene rings is 1. The summed E-state index contributed by atoms with van der Waals surface area (Å²) in [5.41, 5.74) is 1.21. The van der Waals surface area contributed by atoms with E-state index < -0.39 is 10.0 Å². The first-order valence-electron chi connectivity index (χ1n) is 8.39. The molecule has 0 atom stereocenters. The Morgan fingerprint density at radius 2 is 1.78 bits per heavy atom. The van der Waals surface area contributed by atoms with Crippen LogP contribution in [0.15, 0.2) is 29.2 Å². The number of nitrogens with one attached hydrogen (secondary N) is 2. The zero-order chi connectivity index (χ0) is 16.7. The SMILES string of the molecule is CCCNC(=O)CNS(=O)(=O)c1ccc(C2CCCCC2)cc1. The van der Waals surface area contributed by atoms with Crippen LogP contribution in [-0.4, -0.2) is 27.4 Å². The number of hydrogen-bond acceptors (Lipinski definition) is 3. The van der Waals surface area contributed by atoms with Gasteiger partial charge in [0.1, 0.15) is 0 Å². The number of carbonyl (C=O) groups excluding carboxylic acids is 1. The molecule has 1 aliphatic rings. The predicted molar refractivity (Wildman–Crippen MR) is 90.8 cm³/mol. The molecule has 1 aliphatic carbocycles. The number of sulfonamides is 1. The summed E-state index contributed by atoms with van der Waals surface area (Å²) in [6, 6.07) is 7.08. The van der Waals surface area contributed by atoms with Crippen molar-refractivity contribution >= 4 is 15.9 Å². The van der Waals surface area contributed by atoms with Gasteiger partial charge in [-0.25, -0.2) is 13.1 Å². The van der Waals surface area contributed by atoms with Crippen molar-refractivity contribution in [2.45, 2.75) is 56.3 Å². The van der Waals surface area contributed by atoms with Crippen molar-refractivity contribution in [3.8, 4) is 0 Å². The lowest BCUT2D eigenvalue weighted by atomic mass is 9.84. The van der Waals surface area contributed by atoms with Crippen LogP contribution in [0.5, 0.6) is 0 Å². The average Bonchev–Trinajstić information content (AvgIpc) is 2.59. The molecule has 0 heterocycles. The van der Waals surface area contributed by atoms with Gasteiger partial charge in [-0.05, 0) is 42.9 Å². The third-order valence-electron chi connectivity index (χ3n) is 4.26. The van der Waals surface area contributed by atoms with Crippen LogP contribution in [0.25, 0.3) is 0 Å². The lowest BCUT2D eigenvalue weighted by Gasteiger charge is -2.22. The minimum Gasteiger partial charge on any atom is -0.355 e. The highest BCUT2D eigenvalue weighted by atomic mass is 32.2. The summed E-state index contributed by atoms with van der Waals surface area (Å²) in [5.74, 6) is 0.238. The Balaban J connectivity index is 1.95. The Morgan fingerprint density at radius 1 is 1.13 bits per heavy atom. The van der Waals surface area contributed by atoms with Gasteiger partial charge >= 0.3 is 0 Å². The highest BCUT2D eigenvalue weighted by Gasteiger charge is 2.18. The Bertz CT molecular complexity index is 605. The molecule has 0 bridgehead atoms. The lowest BCUT2D eigenvalue weighted by molar-refractivity contribution is -0.119. The van der Waals surface area contributed by atoms with E-state index in [-0.39, 0.29) is 17.3 Å². The molecule has 0 aliphatic heterocycles. The monoisotopic (exact) mass is 338 g/mol. The lowest BCUT2D eigenvalue weighted by Crippen LogP contribution is -2.37. The molecule has 1 aromatic carbocycles. The van der Waals surface area contributed by atoms with Crippen molar-refractivity contribution in [3.63, 3.8) is 0 Å². The maximum absolute atomic E-state index is 12.2. The van der Waals surface area contributed by atoms with Crippen LogP contribution >= 0.6 is 0 Å². The summed E-state index contributed by atoms with van der Waals surface area (Å²) in [6.07, 6.45) is 6.98. The summed E-state index contributed by atoms with van der Waals surface area (Å²) in [7, 11) is -3.64. The van der Waals surface area contributed by atoms with E-state index in [4.69, 9.17) is 0 Å². The second-order valence-corrected chi connectivity index (χ2v) is 7.85. The van der Waals surface area contributed by atoms with E-state index in [1.807, 2.05) is 19.1 Å². The number of amides is 1. The first-order valence-corrected chi connectivity index (χ1v) is 9.87. The molecule has 1 aromatic rings. The maximum Gasteiger partial charge on any atom is 0.241 e. The first kappa shape index (κ1) is 17.9. The fourth-order valence-corrected chi connectivity index (χ4v) is 3.91. The van der Waals surface area contributed by atoms with E-state index in [2.05, 4.69) is 10.0 Å². The van der Waals surface area contributed by atoms with Gasteiger partial charge in [0.15, 0.2) is 0 Å². The molecule has 1 saturated carbocycles. The second-order valence-electron chi connectivity index (χ2n) is 6.08. The van der Waals surface area contributed by atoms with Gasteiger partial charge in [0.25, 0.3) is 0 Å². The molecule has 0 aromatic heterocycles. The van der Waals surface area contributed by atoms with Gasteiger partial charge in [0.2, 0.25) is 15.9 Å². The Morgan fingerprint density at radius 3 is 2.39 bits per heavy atom. The molecule has 1 amide bonds. The van der Waals surface area contributed by atoms with Crippen LogP contribution in [0, 0.1) is 0 Å². The van der Waals surface area contributed by atoms with Crippen LogP contribution in [0.2, 0.25) is 0 Å². The molecule has 128 valence electrons. The van der Waals surface area contributed by atoms with Gasteiger partial charge in [-0.2, -0.15) is 0 Å². The normalized spacial score (nSPS) is 16.2. The van der Waals surface area contributed by atoms with Crippen LogP contribution in [-0.2, 0) is 14.8 Å². The molecule has 0 saturated heterocycles. The third-order valence-corrected chi connectivity index (χ3v) is 5.68. The van der Waals surface area contributed by atoms with Gasteiger partial charge < -0.3 is 5.32 Å². The maximum atomic E-state index is 12.2. The minimum atomic E-state index is -3.64. The molecule has 0 radical (unpaired) electrons. The molecular weight excluding hydrogens is 312 g/mol. The van der Waals surface area contributed by atoms with Crippen LogP contribution < -0.4 is 10.0 Å². The van der Waals surface area contributed by atoms with Crippen LogP contribution in [0.1, 0.15) is 56.9 Å². The molecule has 0 spiro atoms. The standard InChI is InChI=1S/C17H26N2O3S/c1-2-12-18-17(20)13-19-23(21,22)16-10-8-15(9-11-16)14-6-4-3-5-7-14/h8-11,14,19H,2-7,12-13H2,1H3,(H,18,20). The van der Waals surface area contributed by atoms with Crippen molar-refractivity contribution in [1.29, 1.82) is 0 Å². The molecule has 5 nitrogen and oxygen atoms in total. The highest BCUT2D eigenvalue weighted by molar-refractivity contribution is 7.89. The van der Waals surface area contributed by atoms with Gasteiger partial charge in [-0.3, -0.25) is 4.79 Å². The molecule has 2 N–H and O–H groups in total. The summed E-state index contributed by atoms with van der Waals surface area (Å²) >= 11 is 0. The third kappa shape index (κ3) is 5.32. The molecule has 2 rings (SSSR count). The second kappa shape index (κ2) is 8.45. The fourth-order valence-electron chi connectivity index (χ4n) is 2.93. The minimum absolute atomic E-state index is 0.209. The van der Waals surface area contributed by atoms with Crippen molar-refractivity contribution in [3.05, 3.63) is 29.8 Å². The smallest absolute Gasteiger partial charge is 0.241 e. The zero-order valence-electron chi connectivity index (χ0n) is 13.7. The van der Waals surface area contributed by atoms with E-state index in [0.717, 1.165) is 6.42 Å². The average molecular weight is 338 g/mol. The van der Waals surface area contributed by atoms with Crippen molar-refractivity contribution in [2.75, 3.05) is 13.1 Å². The van der Waals surface area contributed by atoms with Crippen molar-refractivity contribution in [1.82, 2.24) is 10.0 Å². The van der Waals surface area contributed by atoms with E-state index in [1.54, 1.807) is 12.1 Å². The van der Waals surface area contributed by atoms with Crippen molar-refractivity contribution in [2.24, 2.45) is 0 Å². The molecule has 23 heavy (non-hydrogen) atoms. The molecule has 6 heteroatoms. The van der Waals surface area contributed by atoms with E-state index in [9.17, 15) is 13.2 Å². The Kier molecular flexibility index (Phi) is 6.59. The van der Waals surface area contributed by atoms with Gasteiger partial charge in [0.05, 0.1) is 11.4 Å². The van der Waals surface area contributed by atoms with E-state index >= 15 is 0 Å². The van der Waals surface area contributed by atoms with Gasteiger partial charge in [-0.15, -0.1) is 0 Å². The van der Waals surface area contributed by atoms with E-state index in [0.29, 0.717) is 12.5 Å². The Hall–Kier alpha value is -1.40. The number of rotatable bonds is 7. The first-order chi connectivity index (χ1) is 11.0. The fraction of sp³-hybridized carbons (Fsp3) is 0.588. The largest absolute Gasteiger partial charge is 0.355 e. The predicted octanol–water partition coefficient (Wildman–Crippen LogP) is 2.54. The summed E-state index contributed by atoms with van der Waals surface area (Å²) < 4.78 is 26.8. The van der Waals surface area contributed by atoms with Crippen LogP contribution in [0.3, 0.4) is 0 Å². The number of carbonyl (C=O) groups is 1.